The number of aldehydes is 1. The van der Waals surface area contributed by atoms with Crippen molar-refractivity contribution in [2.24, 2.45) is 62.1 Å². The van der Waals surface area contributed by atoms with Gasteiger partial charge in [-0.1, -0.05) is 73.6 Å². The van der Waals surface area contributed by atoms with Crippen LogP contribution in [0.4, 0.5) is 0 Å². The zero-order valence-corrected chi connectivity index (χ0v) is 61.1. The second-order valence-electron chi connectivity index (χ2n) is 32.3. The van der Waals surface area contributed by atoms with Crippen molar-refractivity contribution in [3.63, 3.8) is 0 Å². The fraction of sp³-hybridized carbons (Fsp3) is 0.875. The molecule has 10 aliphatic rings. The van der Waals surface area contributed by atoms with Crippen LogP contribution in [0.2, 0.25) is 0 Å². The number of aliphatic hydroxyl groups excluding tert-OH is 13. The van der Waals surface area contributed by atoms with Crippen molar-refractivity contribution in [3.05, 3.63) is 24.0 Å². The number of fused-ring (bicyclic) bond motifs is 7. The predicted molar refractivity (Wildman–Crippen MR) is 352 cm³/mol. The number of carbonyl (C=O) groups is 5. The topological polar surface area (TPSA) is 489 Å². The summed E-state index contributed by atoms with van der Waals surface area (Å²) in [7, 11) is 1.26. The van der Waals surface area contributed by atoms with Gasteiger partial charge in [-0.3, -0.25) is 14.4 Å². The Hall–Kier alpha value is -4.05. The summed E-state index contributed by atoms with van der Waals surface area (Å²) in [5, 5.41) is 156. The highest BCUT2D eigenvalue weighted by molar-refractivity contribution is 5.82. The van der Waals surface area contributed by atoms with E-state index >= 15 is 4.79 Å². The molecule has 0 bridgehead atoms. The number of hydrogen-bond acceptors (Lipinski definition) is 31. The third-order valence-electron chi connectivity index (χ3n) is 26.5. The van der Waals surface area contributed by atoms with Gasteiger partial charge < -0.3 is 138 Å². The Balaban J connectivity index is 1.01. The Bertz CT molecular complexity index is 3100. The number of esters is 3. The summed E-state index contributed by atoms with van der Waals surface area (Å²) >= 11 is 0. The summed E-state index contributed by atoms with van der Waals surface area (Å²) in [4.78, 5) is 70.7. The van der Waals surface area contributed by atoms with Gasteiger partial charge in [-0.05, 0) is 119 Å². The number of carboxylic acids is 1. The average molecular weight is 1490 g/mol. The Labute approximate surface area is 604 Å². The van der Waals surface area contributed by atoms with Crippen molar-refractivity contribution in [1.82, 2.24) is 0 Å². The number of aliphatic carboxylic acids is 1. The van der Waals surface area contributed by atoms with Crippen LogP contribution in [-0.2, 0) is 85.6 Å². The van der Waals surface area contributed by atoms with Crippen molar-refractivity contribution in [2.75, 3.05) is 20.3 Å². The second kappa shape index (κ2) is 31.4. The molecule has 5 aliphatic carbocycles. The van der Waals surface area contributed by atoms with Crippen LogP contribution in [0.5, 0.6) is 0 Å². The van der Waals surface area contributed by atoms with Crippen LogP contribution in [0.25, 0.3) is 0 Å². The number of carbonyl (C=O) groups excluding carboxylic acids is 4. The third kappa shape index (κ3) is 14.1. The maximum absolute atomic E-state index is 16.4. The number of allylic oxidation sites excluding steroid dienone is 3. The fourth-order valence-corrected chi connectivity index (χ4v) is 19.3. The highest BCUT2D eigenvalue weighted by Crippen LogP contribution is 2.76. The van der Waals surface area contributed by atoms with Gasteiger partial charge in [-0.15, -0.1) is 0 Å². The van der Waals surface area contributed by atoms with E-state index in [0.29, 0.717) is 38.5 Å². The minimum atomic E-state index is -2.14. The number of aliphatic hydroxyl groups is 13. The molecule has 9 fully saturated rings. The van der Waals surface area contributed by atoms with E-state index in [4.69, 9.17) is 61.6 Å². The summed E-state index contributed by atoms with van der Waals surface area (Å²) in [5.74, 6) is -6.60. The molecule has 104 heavy (non-hydrogen) atoms. The quantitative estimate of drug-likeness (QED) is 0.0161. The van der Waals surface area contributed by atoms with Gasteiger partial charge in [0.15, 0.2) is 49.6 Å². The van der Waals surface area contributed by atoms with Gasteiger partial charge in [0.25, 0.3) is 0 Å². The Morgan fingerprint density at radius 2 is 1.15 bits per heavy atom. The maximum atomic E-state index is 16.4. The summed E-state index contributed by atoms with van der Waals surface area (Å²) in [6, 6.07) is 0. The van der Waals surface area contributed by atoms with Gasteiger partial charge in [0.1, 0.15) is 97.2 Å². The molecule has 0 amide bonds. The highest BCUT2D eigenvalue weighted by atomic mass is 16.8. The summed E-state index contributed by atoms with van der Waals surface area (Å²) in [6.07, 6.45) is -42.6. The van der Waals surface area contributed by atoms with Crippen LogP contribution in [0.3, 0.4) is 0 Å². The maximum Gasteiger partial charge on any atom is 0.335 e. The molecule has 32 heteroatoms. The lowest BCUT2D eigenvalue weighted by Gasteiger charge is -2.71. The fourth-order valence-electron chi connectivity index (χ4n) is 19.3. The lowest BCUT2D eigenvalue weighted by Crippen LogP contribution is -2.69. The Kier molecular flexibility index (Phi) is 24.9. The number of rotatable bonds is 22. The van der Waals surface area contributed by atoms with Crippen molar-refractivity contribution in [1.29, 1.82) is 0 Å². The monoisotopic (exact) mass is 1490 g/mol. The summed E-state index contributed by atoms with van der Waals surface area (Å²) < 4.78 is 80.6. The van der Waals surface area contributed by atoms with Crippen molar-refractivity contribution in [2.45, 2.75) is 313 Å². The number of hydrogen-bond donors (Lipinski definition) is 14. The molecule has 13 unspecified atom stereocenters. The molecule has 0 radical (unpaired) electrons. The Morgan fingerprint density at radius 1 is 0.577 bits per heavy atom. The summed E-state index contributed by atoms with van der Waals surface area (Å²) in [6.45, 7) is 22.2. The lowest BCUT2D eigenvalue weighted by molar-refractivity contribution is -0.386. The third-order valence-corrected chi connectivity index (χ3v) is 26.5. The first-order valence-corrected chi connectivity index (χ1v) is 36.6. The zero-order chi connectivity index (χ0) is 76.7. The first-order chi connectivity index (χ1) is 48.8. The molecule has 10 rings (SSSR count). The molecular weight excluding hydrogens is 1380 g/mol. The molecule has 5 saturated heterocycles. The minimum absolute atomic E-state index is 0.0000688. The summed E-state index contributed by atoms with van der Waals surface area (Å²) in [5.41, 5.74) is -6.33. The average Bonchev–Trinajstić information content (AvgIpc) is 0.670. The van der Waals surface area contributed by atoms with Gasteiger partial charge in [0, 0.05) is 11.8 Å². The van der Waals surface area contributed by atoms with E-state index in [-0.39, 0.29) is 49.7 Å². The molecule has 592 valence electrons. The van der Waals surface area contributed by atoms with E-state index in [2.05, 4.69) is 26.5 Å². The zero-order valence-electron chi connectivity index (χ0n) is 61.1. The smallest absolute Gasteiger partial charge is 0.335 e. The number of methoxy groups -OCH3 is 1. The molecule has 14 N–H and O–H groups in total. The molecule has 0 aromatic rings. The number of carboxylic acid groups (broad SMARTS) is 1. The van der Waals surface area contributed by atoms with Gasteiger partial charge in [0.05, 0.1) is 67.2 Å². The highest BCUT2D eigenvalue weighted by Gasteiger charge is 2.74. The van der Waals surface area contributed by atoms with E-state index in [1.807, 2.05) is 20.8 Å². The molecule has 0 aromatic carbocycles. The van der Waals surface area contributed by atoms with Crippen LogP contribution < -0.4 is 0 Å². The van der Waals surface area contributed by atoms with Crippen LogP contribution in [0.1, 0.15) is 147 Å². The lowest BCUT2D eigenvalue weighted by atomic mass is 9.33. The van der Waals surface area contributed by atoms with Crippen LogP contribution in [0.15, 0.2) is 24.0 Å². The van der Waals surface area contributed by atoms with Gasteiger partial charge in [-0.2, -0.15) is 0 Å². The molecule has 32 nitrogen and oxygen atoms in total. The van der Waals surface area contributed by atoms with Gasteiger partial charge >= 0.3 is 23.9 Å². The van der Waals surface area contributed by atoms with Gasteiger partial charge in [-0.25, -0.2) is 4.79 Å². The predicted octanol–water partition coefficient (Wildman–Crippen LogP) is -0.580. The molecule has 0 aromatic heterocycles. The molecule has 5 aliphatic heterocycles. The number of ether oxygens (including phenoxy) is 13. The normalized spacial score (nSPS) is 50.0. The SMILES string of the molecule is C=C(O[C@@H]1C(C)O[C@@H](OC(=O)[C@]23CC[C@](C)(C(=O)OC)CC2C2=CCC4[C@@]5(C)CC[C@H](O[C@@H]6OC(C(=O)O)[C@H](O)[C@H](O)C6O[C@@H]6OC(CO)[C@H](O)[C@H](O)C6O)[C@@](C)(C=O)C5CC[C@@]4(C)[C@]2(C)C[C@H]3O)[C@H](O[C@@H]2OC(C)[C@H](O)[C@H](OC(=O)[C@@H](C)CC)C2O)C1O[C@@H]1OC(CO)[C@@H](O)[C@H](O)C1O)[C@@H](C)CC. The molecule has 38 atom stereocenters. The van der Waals surface area contributed by atoms with Crippen LogP contribution in [-0.4, -0.2) is 288 Å². The van der Waals surface area contributed by atoms with Crippen molar-refractivity contribution >= 4 is 30.2 Å². The first-order valence-electron chi connectivity index (χ1n) is 36.6. The molecule has 4 saturated carbocycles. The molecule has 0 spiro atoms. The van der Waals surface area contributed by atoms with Crippen LogP contribution in [0, 0.1) is 62.1 Å². The molecular formula is C72H112O32. The van der Waals surface area contributed by atoms with Gasteiger partial charge in [0.2, 0.25) is 6.29 Å². The van der Waals surface area contributed by atoms with E-state index in [1.165, 1.54) is 14.0 Å². The standard InChI is InChI=1S/C72H112O32/c1-14-29(3)31(5)93-52-33(7)95-64(57(56(52)102-61-50(85)46(81)44(79)37(27-74)97-61)103-62-51(86)53(42(77)32(6)94-62)99-59(89)30(4)15-2)104-66(91)72-23-22-67(8,65(90)92-13)24-35(72)34-16-17-39-68(9)20-19-41(69(10,28-75)38(68)18-21-70(39,11)71(34,12)25-40(72)76)98-63-55(48(83)47(82)54(100-63)58(87)88)101-60-49(84)45(80)43(78)36(26-73)96-60/h16,28-30,32-33,35-57,60-64,73-74,76-86H,5,14-15,17-27H2,1-4,6-13H3,(H,87,88)/t29-,30-,32?,33?,35?,36?,37?,38?,39?,40+,41-,42-,43-,44+,45-,46-,47+,48-,49?,50?,51?,52+,53-,54?,55?,56?,57+,60-,61-,62-,63+,64-,67-,68-,69-,70+,71+,72+/m0/s1. The van der Waals surface area contributed by atoms with Crippen molar-refractivity contribution < 1.29 is 157 Å². The van der Waals surface area contributed by atoms with E-state index < -0.39 is 253 Å². The van der Waals surface area contributed by atoms with Crippen LogP contribution >= 0.6 is 0 Å². The Morgan fingerprint density at radius 3 is 1.72 bits per heavy atom. The molecule has 5 heterocycles. The van der Waals surface area contributed by atoms with E-state index in [0.717, 1.165) is 11.9 Å². The van der Waals surface area contributed by atoms with E-state index in [9.17, 15) is 90.7 Å². The first kappa shape index (κ1) is 82.4. The largest absolute Gasteiger partial charge is 0.490 e. The minimum Gasteiger partial charge on any atom is -0.490 e. The van der Waals surface area contributed by atoms with E-state index in [1.54, 1.807) is 34.6 Å². The second-order valence-corrected chi connectivity index (χ2v) is 32.3. The van der Waals surface area contributed by atoms with Crippen molar-refractivity contribution in [3.8, 4) is 0 Å².